The van der Waals surface area contributed by atoms with Gasteiger partial charge in [-0.05, 0) is 12.8 Å². The Balaban J connectivity index is 2.12. The minimum absolute atomic E-state index is 0.594. The number of nitrogens with zero attached hydrogens (tertiary/aromatic N) is 3. The average Bonchev–Trinajstić information content (AvgIpc) is 2.58. The Morgan fingerprint density at radius 3 is 2.53 bits per heavy atom. The summed E-state index contributed by atoms with van der Waals surface area (Å²) in [6.45, 7) is 2.17. The van der Waals surface area contributed by atoms with E-state index in [2.05, 4.69) is 14.9 Å². The van der Waals surface area contributed by atoms with Crippen LogP contribution in [0, 0.1) is 0 Å². The second kappa shape index (κ2) is 4.96. The van der Waals surface area contributed by atoms with E-state index in [0.29, 0.717) is 5.88 Å². The van der Waals surface area contributed by atoms with Gasteiger partial charge in [0, 0.05) is 13.1 Å². The monoisotopic (exact) mass is 207 g/mol. The van der Waals surface area contributed by atoms with Crippen molar-refractivity contribution >= 4 is 5.82 Å². The van der Waals surface area contributed by atoms with Gasteiger partial charge in [-0.3, -0.25) is 4.98 Å². The van der Waals surface area contributed by atoms with Gasteiger partial charge in [-0.15, -0.1) is 0 Å². The molecule has 0 spiro atoms. The Kier molecular flexibility index (Phi) is 3.37. The summed E-state index contributed by atoms with van der Waals surface area (Å²) in [4.78, 5) is 10.8. The summed E-state index contributed by atoms with van der Waals surface area (Å²) in [5.74, 6) is 1.54. The molecule has 0 aliphatic carbocycles. The number of anilines is 1. The molecule has 4 heteroatoms. The van der Waals surface area contributed by atoms with Crippen LogP contribution in [0.25, 0.3) is 0 Å². The van der Waals surface area contributed by atoms with E-state index >= 15 is 0 Å². The molecule has 0 amide bonds. The minimum atomic E-state index is 0.594. The molecular formula is C11H17N3O. The molecule has 1 fully saturated rings. The molecule has 1 aromatic rings. The molecule has 0 radical (unpaired) electrons. The van der Waals surface area contributed by atoms with Crippen molar-refractivity contribution in [1.29, 1.82) is 0 Å². The highest BCUT2D eigenvalue weighted by molar-refractivity contribution is 5.37. The molecule has 1 aliphatic rings. The third-order valence-electron chi connectivity index (χ3n) is 2.74. The largest absolute Gasteiger partial charge is 0.480 e. The van der Waals surface area contributed by atoms with Gasteiger partial charge >= 0.3 is 0 Å². The van der Waals surface area contributed by atoms with Gasteiger partial charge in [-0.1, -0.05) is 12.8 Å². The molecule has 1 saturated heterocycles. The summed E-state index contributed by atoms with van der Waals surface area (Å²) in [5, 5.41) is 0. The summed E-state index contributed by atoms with van der Waals surface area (Å²) < 4.78 is 5.08. The van der Waals surface area contributed by atoms with Crippen molar-refractivity contribution in [2.75, 3.05) is 25.1 Å². The van der Waals surface area contributed by atoms with Gasteiger partial charge in [0.05, 0.1) is 19.5 Å². The Morgan fingerprint density at radius 2 is 1.87 bits per heavy atom. The van der Waals surface area contributed by atoms with Crippen molar-refractivity contribution in [3.05, 3.63) is 12.4 Å². The van der Waals surface area contributed by atoms with E-state index in [0.717, 1.165) is 18.9 Å². The molecule has 2 heterocycles. The lowest BCUT2D eigenvalue weighted by Crippen LogP contribution is -2.25. The van der Waals surface area contributed by atoms with Crippen molar-refractivity contribution in [2.24, 2.45) is 0 Å². The lowest BCUT2D eigenvalue weighted by molar-refractivity contribution is 0.395. The van der Waals surface area contributed by atoms with Gasteiger partial charge < -0.3 is 9.64 Å². The lowest BCUT2D eigenvalue weighted by atomic mass is 10.2. The zero-order valence-electron chi connectivity index (χ0n) is 9.15. The number of ether oxygens (including phenoxy) is 1. The van der Waals surface area contributed by atoms with Crippen LogP contribution in [0.4, 0.5) is 5.82 Å². The van der Waals surface area contributed by atoms with Crippen LogP contribution in [-0.2, 0) is 0 Å². The van der Waals surface area contributed by atoms with Gasteiger partial charge in [-0.25, -0.2) is 0 Å². The minimum Gasteiger partial charge on any atom is -0.480 e. The van der Waals surface area contributed by atoms with Crippen LogP contribution in [0.15, 0.2) is 12.4 Å². The number of hydrogen-bond acceptors (Lipinski definition) is 4. The zero-order valence-corrected chi connectivity index (χ0v) is 9.15. The second-order valence-electron chi connectivity index (χ2n) is 3.82. The Morgan fingerprint density at radius 1 is 1.13 bits per heavy atom. The van der Waals surface area contributed by atoms with Crippen LogP contribution < -0.4 is 9.64 Å². The number of hydrogen-bond donors (Lipinski definition) is 0. The molecule has 0 atom stereocenters. The van der Waals surface area contributed by atoms with E-state index in [-0.39, 0.29) is 0 Å². The van der Waals surface area contributed by atoms with Crippen LogP contribution in [0.1, 0.15) is 25.7 Å². The molecule has 0 bridgehead atoms. The third kappa shape index (κ3) is 2.58. The maximum absolute atomic E-state index is 5.08. The fourth-order valence-corrected chi connectivity index (χ4v) is 1.89. The molecule has 15 heavy (non-hydrogen) atoms. The number of aromatic nitrogens is 2. The predicted octanol–water partition coefficient (Wildman–Crippen LogP) is 1.87. The maximum Gasteiger partial charge on any atom is 0.233 e. The molecule has 0 unspecified atom stereocenters. The Labute approximate surface area is 90.3 Å². The molecule has 1 aromatic heterocycles. The third-order valence-corrected chi connectivity index (χ3v) is 2.74. The van der Waals surface area contributed by atoms with E-state index in [1.165, 1.54) is 25.7 Å². The van der Waals surface area contributed by atoms with Crippen molar-refractivity contribution < 1.29 is 4.74 Å². The first-order valence-corrected chi connectivity index (χ1v) is 5.51. The highest BCUT2D eigenvalue weighted by atomic mass is 16.5. The van der Waals surface area contributed by atoms with Crippen molar-refractivity contribution in [2.45, 2.75) is 25.7 Å². The van der Waals surface area contributed by atoms with Gasteiger partial charge in [0.15, 0.2) is 5.82 Å². The quantitative estimate of drug-likeness (QED) is 0.742. The van der Waals surface area contributed by atoms with E-state index < -0.39 is 0 Å². The SMILES string of the molecule is COc1cncc(N2CCCCCC2)n1. The molecule has 2 rings (SSSR count). The molecule has 82 valence electrons. The van der Waals surface area contributed by atoms with Gasteiger partial charge in [0.2, 0.25) is 5.88 Å². The van der Waals surface area contributed by atoms with Crippen LogP contribution in [0.3, 0.4) is 0 Å². The topological polar surface area (TPSA) is 38.2 Å². The summed E-state index contributed by atoms with van der Waals surface area (Å²) in [6.07, 6.45) is 8.61. The normalized spacial score (nSPS) is 17.3. The van der Waals surface area contributed by atoms with Gasteiger partial charge in [-0.2, -0.15) is 4.98 Å². The fraction of sp³-hybridized carbons (Fsp3) is 0.636. The van der Waals surface area contributed by atoms with Gasteiger partial charge in [0.25, 0.3) is 0 Å². The first kappa shape index (κ1) is 10.2. The van der Waals surface area contributed by atoms with Crippen molar-refractivity contribution in [3.8, 4) is 5.88 Å². The van der Waals surface area contributed by atoms with Crippen molar-refractivity contribution in [1.82, 2.24) is 9.97 Å². The smallest absolute Gasteiger partial charge is 0.233 e. The second-order valence-corrected chi connectivity index (χ2v) is 3.82. The highest BCUT2D eigenvalue weighted by Crippen LogP contribution is 2.18. The Bertz CT molecular complexity index is 308. The van der Waals surface area contributed by atoms with Gasteiger partial charge in [0.1, 0.15) is 0 Å². The standard InChI is InChI=1S/C11H17N3O/c1-15-11-9-12-8-10(13-11)14-6-4-2-3-5-7-14/h8-9H,2-7H2,1H3. The molecule has 0 saturated carbocycles. The van der Waals surface area contributed by atoms with Crippen LogP contribution >= 0.6 is 0 Å². The fourth-order valence-electron chi connectivity index (χ4n) is 1.89. The molecule has 1 aliphatic heterocycles. The first-order valence-electron chi connectivity index (χ1n) is 5.51. The van der Waals surface area contributed by atoms with E-state index in [1.54, 1.807) is 13.3 Å². The van der Waals surface area contributed by atoms with Crippen LogP contribution in [0.5, 0.6) is 5.88 Å². The maximum atomic E-state index is 5.08. The summed E-state index contributed by atoms with van der Waals surface area (Å²) in [5.41, 5.74) is 0. The molecular weight excluding hydrogens is 190 g/mol. The average molecular weight is 207 g/mol. The molecule has 0 aromatic carbocycles. The summed E-state index contributed by atoms with van der Waals surface area (Å²) in [6, 6.07) is 0. The van der Waals surface area contributed by atoms with E-state index in [9.17, 15) is 0 Å². The van der Waals surface area contributed by atoms with Crippen molar-refractivity contribution in [3.63, 3.8) is 0 Å². The number of rotatable bonds is 2. The predicted molar refractivity (Wildman–Crippen MR) is 59.3 cm³/mol. The van der Waals surface area contributed by atoms with E-state index in [1.807, 2.05) is 6.20 Å². The highest BCUT2D eigenvalue weighted by Gasteiger charge is 2.11. The Hall–Kier alpha value is -1.32. The summed E-state index contributed by atoms with van der Waals surface area (Å²) in [7, 11) is 1.62. The van der Waals surface area contributed by atoms with Crippen LogP contribution in [-0.4, -0.2) is 30.2 Å². The van der Waals surface area contributed by atoms with E-state index in [4.69, 9.17) is 4.74 Å². The molecule has 0 N–H and O–H groups in total. The first-order chi connectivity index (χ1) is 7.40. The lowest BCUT2D eigenvalue weighted by Gasteiger charge is -2.20. The molecule has 4 nitrogen and oxygen atoms in total. The van der Waals surface area contributed by atoms with Crippen LogP contribution in [0.2, 0.25) is 0 Å². The number of methoxy groups -OCH3 is 1. The summed E-state index contributed by atoms with van der Waals surface area (Å²) >= 11 is 0. The zero-order chi connectivity index (χ0) is 10.5.